The highest BCUT2D eigenvalue weighted by molar-refractivity contribution is 6.19. The molecule has 1 fully saturated rings. The Bertz CT molecular complexity index is 1230. The van der Waals surface area contributed by atoms with Gasteiger partial charge in [0.2, 0.25) is 5.91 Å². The summed E-state index contributed by atoms with van der Waals surface area (Å²) in [6, 6.07) is 28.9. The van der Waals surface area contributed by atoms with Crippen LogP contribution in [0.1, 0.15) is 30.0 Å². The highest BCUT2D eigenvalue weighted by atomic mass is 16.6. The summed E-state index contributed by atoms with van der Waals surface area (Å²) in [6.45, 7) is 4.22. The number of hydrogen-bond donors (Lipinski definition) is 0. The van der Waals surface area contributed by atoms with Crippen LogP contribution in [0.2, 0.25) is 0 Å². The molecule has 3 aromatic carbocycles. The number of para-hydroxylation sites is 1. The minimum atomic E-state index is -0.699. The molecule has 0 radical (unpaired) electrons. The number of benzene rings is 3. The van der Waals surface area contributed by atoms with Crippen LogP contribution in [0.3, 0.4) is 0 Å². The normalized spacial score (nSPS) is 26.5. The number of ether oxygens (including phenoxy) is 2. The Hall–Kier alpha value is -3.21. The van der Waals surface area contributed by atoms with E-state index in [2.05, 4.69) is 49.4 Å². The number of anilines is 1. The Morgan fingerprint density at radius 3 is 2.27 bits per heavy atom. The first-order valence-electron chi connectivity index (χ1n) is 11.6. The van der Waals surface area contributed by atoms with Crippen molar-refractivity contribution < 1.29 is 14.3 Å². The van der Waals surface area contributed by atoms with Gasteiger partial charge in [0.25, 0.3) is 0 Å². The van der Waals surface area contributed by atoms with E-state index in [1.807, 2.05) is 47.4 Å². The Morgan fingerprint density at radius 1 is 0.848 bits per heavy atom. The summed E-state index contributed by atoms with van der Waals surface area (Å²) in [5, 5.41) is 0. The van der Waals surface area contributed by atoms with Crippen LogP contribution in [0.5, 0.6) is 0 Å². The summed E-state index contributed by atoms with van der Waals surface area (Å²) in [4.78, 5) is 16.3. The summed E-state index contributed by atoms with van der Waals surface area (Å²) in [6.07, 6.45) is 0.581. The molecule has 1 amide bonds. The molecule has 2 heterocycles. The van der Waals surface area contributed by atoms with Crippen LogP contribution in [0.25, 0.3) is 11.1 Å². The molecule has 6 rings (SSSR count). The van der Waals surface area contributed by atoms with Crippen molar-refractivity contribution in [3.63, 3.8) is 0 Å². The van der Waals surface area contributed by atoms with Gasteiger partial charge in [-0.2, -0.15) is 0 Å². The fourth-order valence-corrected chi connectivity index (χ4v) is 5.95. The van der Waals surface area contributed by atoms with Crippen LogP contribution in [-0.4, -0.2) is 31.3 Å². The lowest BCUT2D eigenvalue weighted by Gasteiger charge is -2.41. The Labute approximate surface area is 194 Å². The van der Waals surface area contributed by atoms with Gasteiger partial charge in [0.05, 0.1) is 37.5 Å². The highest BCUT2D eigenvalue weighted by Crippen LogP contribution is 2.62. The summed E-state index contributed by atoms with van der Waals surface area (Å²) in [5.74, 6) is 0.125. The van der Waals surface area contributed by atoms with Gasteiger partial charge in [-0.1, -0.05) is 78.9 Å². The average Bonchev–Trinajstić information content (AvgIpc) is 3.12. The predicted octanol–water partition coefficient (Wildman–Crippen LogP) is 5.34. The van der Waals surface area contributed by atoms with Crippen molar-refractivity contribution in [2.75, 3.05) is 24.7 Å². The monoisotopic (exact) mass is 437 g/mol. The lowest BCUT2D eigenvalue weighted by molar-refractivity contribution is -0.142. The highest BCUT2D eigenvalue weighted by Gasteiger charge is 2.60. The third-order valence-corrected chi connectivity index (χ3v) is 7.27. The number of nitrogens with zero attached hydrogens (tertiary/aromatic N) is 1. The van der Waals surface area contributed by atoms with E-state index in [9.17, 15) is 4.79 Å². The van der Waals surface area contributed by atoms with E-state index in [1.54, 1.807) is 0 Å². The number of fused-ring (bicyclic) bond motifs is 3. The number of carbonyl (C=O) groups excluding carboxylic acids is 1. The Morgan fingerprint density at radius 2 is 1.55 bits per heavy atom. The maximum absolute atomic E-state index is 14.3. The first kappa shape index (κ1) is 20.4. The van der Waals surface area contributed by atoms with Crippen molar-refractivity contribution in [3.05, 3.63) is 102 Å². The molecule has 0 saturated carbocycles. The van der Waals surface area contributed by atoms with E-state index in [4.69, 9.17) is 9.47 Å². The molecule has 2 unspecified atom stereocenters. The van der Waals surface area contributed by atoms with E-state index in [0.29, 0.717) is 32.8 Å². The number of rotatable bonds is 3. The molecule has 3 aromatic rings. The van der Waals surface area contributed by atoms with Gasteiger partial charge >= 0.3 is 0 Å². The molecule has 166 valence electrons. The zero-order chi connectivity index (χ0) is 22.5. The Balaban J connectivity index is 1.59. The molecule has 3 aliphatic rings. The number of amides is 1. The quantitative estimate of drug-likeness (QED) is 0.555. The SMILES string of the molecule is CC12CC3(COCCO3)C(c3ccccc3)=C1c1ccccc1N(Cc1ccccc1)C2=O. The molecule has 0 N–H and O–H groups in total. The predicted molar refractivity (Wildman–Crippen MR) is 130 cm³/mol. The van der Waals surface area contributed by atoms with Gasteiger partial charge in [0.1, 0.15) is 5.60 Å². The molecule has 1 saturated heterocycles. The van der Waals surface area contributed by atoms with Gasteiger partial charge in [-0.25, -0.2) is 0 Å². The van der Waals surface area contributed by atoms with Crippen LogP contribution >= 0.6 is 0 Å². The maximum atomic E-state index is 14.3. The largest absolute Gasteiger partial charge is 0.376 e. The molecule has 2 aliphatic heterocycles. The smallest absolute Gasteiger partial charge is 0.237 e. The molecule has 1 spiro atoms. The van der Waals surface area contributed by atoms with E-state index in [-0.39, 0.29) is 5.91 Å². The van der Waals surface area contributed by atoms with Crippen molar-refractivity contribution in [3.8, 4) is 0 Å². The van der Waals surface area contributed by atoms with Gasteiger partial charge in [-0.05, 0) is 35.3 Å². The first-order chi connectivity index (χ1) is 16.1. The fraction of sp³-hybridized carbons (Fsp3) is 0.276. The molecule has 2 atom stereocenters. The minimum absolute atomic E-state index is 0.125. The van der Waals surface area contributed by atoms with Gasteiger partial charge in [0.15, 0.2) is 0 Å². The molecule has 1 aliphatic carbocycles. The summed E-state index contributed by atoms with van der Waals surface area (Å²) < 4.78 is 12.5. The Kier molecular flexibility index (Phi) is 4.75. The second kappa shape index (κ2) is 7.68. The summed E-state index contributed by atoms with van der Waals surface area (Å²) >= 11 is 0. The topological polar surface area (TPSA) is 38.8 Å². The van der Waals surface area contributed by atoms with Crippen molar-refractivity contribution in [1.82, 2.24) is 0 Å². The van der Waals surface area contributed by atoms with Crippen LogP contribution in [0.15, 0.2) is 84.9 Å². The van der Waals surface area contributed by atoms with Crippen LogP contribution < -0.4 is 4.90 Å². The van der Waals surface area contributed by atoms with Crippen LogP contribution in [0.4, 0.5) is 5.69 Å². The van der Waals surface area contributed by atoms with Gasteiger partial charge in [0, 0.05) is 12.0 Å². The molecule has 0 aromatic heterocycles. The molecule has 4 heteroatoms. The van der Waals surface area contributed by atoms with E-state index < -0.39 is 11.0 Å². The van der Waals surface area contributed by atoms with Crippen molar-refractivity contribution in [1.29, 1.82) is 0 Å². The molecular formula is C29H27NO3. The zero-order valence-electron chi connectivity index (χ0n) is 18.8. The van der Waals surface area contributed by atoms with E-state index >= 15 is 0 Å². The summed E-state index contributed by atoms with van der Waals surface area (Å²) in [7, 11) is 0. The van der Waals surface area contributed by atoms with Gasteiger partial charge < -0.3 is 14.4 Å². The standard InChI is InChI=1S/C29H27NO3/c1-28-19-29(20-32-16-17-33-29)25(22-12-6-3-7-13-22)26(28)23-14-8-9-15-24(23)30(27(28)31)18-21-10-4-2-5-11-21/h2-15H,16-20H2,1H3. The minimum Gasteiger partial charge on any atom is -0.376 e. The molecule has 33 heavy (non-hydrogen) atoms. The lowest BCUT2D eigenvalue weighted by atomic mass is 9.74. The van der Waals surface area contributed by atoms with Crippen LogP contribution in [0, 0.1) is 5.41 Å². The van der Waals surface area contributed by atoms with Crippen LogP contribution in [-0.2, 0) is 20.8 Å². The number of hydrogen-bond acceptors (Lipinski definition) is 3. The van der Waals surface area contributed by atoms with E-state index in [1.165, 1.54) is 0 Å². The van der Waals surface area contributed by atoms with Crippen molar-refractivity contribution >= 4 is 22.7 Å². The lowest BCUT2D eigenvalue weighted by Crippen LogP contribution is -2.49. The number of carbonyl (C=O) groups is 1. The maximum Gasteiger partial charge on any atom is 0.237 e. The zero-order valence-corrected chi connectivity index (χ0v) is 18.8. The molecule has 0 bridgehead atoms. The third kappa shape index (κ3) is 3.09. The van der Waals surface area contributed by atoms with Crippen molar-refractivity contribution in [2.45, 2.75) is 25.5 Å². The molecular weight excluding hydrogens is 410 g/mol. The second-order valence-electron chi connectivity index (χ2n) is 9.41. The first-order valence-corrected chi connectivity index (χ1v) is 11.6. The van der Waals surface area contributed by atoms with Crippen molar-refractivity contribution in [2.24, 2.45) is 5.41 Å². The molecule has 4 nitrogen and oxygen atoms in total. The van der Waals surface area contributed by atoms with Gasteiger partial charge in [-0.3, -0.25) is 4.79 Å². The average molecular weight is 438 g/mol. The van der Waals surface area contributed by atoms with E-state index in [0.717, 1.165) is 33.5 Å². The fourth-order valence-electron chi connectivity index (χ4n) is 5.95. The third-order valence-electron chi connectivity index (χ3n) is 7.27. The second-order valence-corrected chi connectivity index (χ2v) is 9.41. The summed E-state index contributed by atoms with van der Waals surface area (Å²) in [5.41, 5.74) is 5.14. The van der Waals surface area contributed by atoms with Gasteiger partial charge in [-0.15, -0.1) is 0 Å².